The average molecular weight is 275 g/mol. The van der Waals surface area contributed by atoms with E-state index in [1.807, 2.05) is 0 Å². The van der Waals surface area contributed by atoms with Gasteiger partial charge in [0.05, 0.1) is 11.6 Å². The van der Waals surface area contributed by atoms with Crippen molar-refractivity contribution in [3.63, 3.8) is 0 Å². The molecule has 0 heterocycles. The van der Waals surface area contributed by atoms with Gasteiger partial charge in [0.1, 0.15) is 5.82 Å². The fourth-order valence-electron chi connectivity index (χ4n) is 1.31. The molecule has 0 aromatic heterocycles. The Morgan fingerprint density at radius 2 is 2.22 bits per heavy atom. The minimum atomic E-state index is -0.459. The van der Waals surface area contributed by atoms with Crippen molar-refractivity contribution in [1.29, 1.82) is 0 Å². The van der Waals surface area contributed by atoms with Gasteiger partial charge in [-0.2, -0.15) is 0 Å². The van der Waals surface area contributed by atoms with Crippen LogP contribution in [0, 0.1) is 5.82 Å². The van der Waals surface area contributed by atoms with Crippen molar-refractivity contribution in [2.75, 3.05) is 32.1 Å². The number of benzene rings is 1. The SMILES string of the molecule is COCCNC(=O)CCNc1ccc(F)c(Cl)c1. The second-order valence-electron chi connectivity index (χ2n) is 3.65. The zero-order valence-corrected chi connectivity index (χ0v) is 10.9. The molecule has 0 fully saturated rings. The molecule has 6 heteroatoms. The van der Waals surface area contributed by atoms with Crippen molar-refractivity contribution in [3.05, 3.63) is 29.0 Å². The lowest BCUT2D eigenvalue weighted by Crippen LogP contribution is -2.28. The molecule has 4 nitrogen and oxygen atoms in total. The van der Waals surface area contributed by atoms with E-state index < -0.39 is 5.82 Å². The predicted molar refractivity (Wildman–Crippen MR) is 69.4 cm³/mol. The number of rotatable bonds is 7. The molecule has 1 amide bonds. The van der Waals surface area contributed by atoms with Crippen LogP contribution in [-0.4, -0.2) is 32.7 Å². The van der Waals surface area contributed by atoms with E-state index in [1.165, 1.54) is 12.1 Å². The normalized spacial score (nSPS) is 10.2. The second-order valence-corrected chi connectivity index (χ2v) is 4.06. The lowest BCUT2D eigenvalue weighted by molar-refractivity contribution is -0.121. The molecule has 0 unspecified atom stereocenters. The molecular weight excluding hydrogens is 259 g/mol. The Morgan fingerprint density at radius 1 is 1.44 bits per heavy atom. The highest BCUT2D eigenvalue weighted by atomic mass is 35.5. The topological polar surface area (TPSA) is 50.4 Å². The number of nitrogens with one attached hydrogen (secondary N) is 2. The molecule has 1 aromatic carbocycles. The van der Waals surface area contributed by atoms with E-state index in [0.717, 1.165) is 0 Å². The van der Waals surface area contributed by atoms with Crippen LogP contribution in [0.25, 0.3) is 0 Å². The zero-order chi connectivity index (χ0) is 13.4. The van der Waals surface area contributed by atoms with Crippen molar-refractivity contribution in [1.82, 2.24) is 5.32 Å². The van der Waals surface area contributed by atoms with Gasteiger partial charge in [0.2, 0.25) is 5.91 Å². The number of amides is 1. The number of carbonyl (C=O) groups excluding carboxylic acids is 1. The number of halogens is 2. The van der Waals surface area contributed by atoms with E-state index in [0.29, 0.717) is 31.8 Å². The van der Waals surface area contributed by atoms with Crippen LogP contribution in [0.2, 0.25) is 5.02 Å². The highest BCUT2D eigenvalue weighted by molar-refractivity contribution is 6.31. The van der Waals surface area contributed by atoms with Gasteiger partial charge in [0.25, 0.3) is 0 Å². The van der Waals surface area contributed by atoms with E-state index in [4.69, 9.17) is 16.3 Å². The summed E-state index contributed by atoms with van der Waals surface area (Å²) in [5.74, 6) is -0.521. The van der Waals surface area contributed by atoms with Crippen LogP contribution in [0.4, 0.5) is 10.1 Å². The number of methoxy groups -OCH3 is 1. The third-order valence-electron chi connectivity index (χ3n) is 2.23. The maximum absolute atomic E-state index is 12.9. The first-order valence-corrected chi connectivity index (χ1v) is 5.96. The Kier molecular flexibility index (Phi) is 6.46. The van der Waals surface area contributed by atoms with Gasteiger partial charge in [0, 0.05) is 32.3 Å². The fraction of sp³-hybridized carbons (Fsp3) is 0.417. The largest absolute Gasteiger partial charge is 0.384 e. The van der Waals surface area contributed by atoms with E-state index in [-0.39, 0.29) is 10.9 Å². The van der Waals surface area contributed by atoms with Crippen LogP contribution in [0.15, 0.2) is 18.2 Å². The number of anilines is 1. The molecule has 0 saturated heterocycles. The minimum absolute atomic E-state index is 0.0598. The summed E-state index contributed by atoms with van der Waals surface area (Å²) in [6, 6.07) is 4.34. The lowest BCUT2D eigenvalue weighted by Gasteiger charge is -2.07. The van der Waals surface area contributed by atoms with Crippen LogP contribution in [-0.2, 0) is 9.53 Å². The van der Waals surface area contributed by atoms with Crippen molar-refractivity contribution in [2.24, 2.45) is 0 Å². The van der Waals surface area contributed by atoms with Crippen molar-refractivity contribution in [3.8, 4) is 0 Å². The fourth-order valence-corrected chi connectivity index (χ4v) is 1.49. The van der Waals surface area contributed by atoms with Gasteiger partial charge in [-0.25, -0.2) is 4.39 Å². The summed E-state index contributed by atoms with van der Waals surface area (Å²) in [4.78, 5) is 11.3. The number of hydrogen-bond donors (Lipinski definition) is 2. The standard InChI is InChI=1S/C12H16ClFN2O2/c1-18-7-6-16-12(17)4-5-15-9-2-3-11(14)10(13)8-9/h2-3,8,15H,4-7H2,1H3,(H,16,17). The summed E-state index contributed by atoms with van der Waals surface area (Å²) < 4.78 is 17.7. The van der Waals surface area contributed by atoms with Crippen LogP contribution in [0.5, 0.6) is 0 Å². The minimum Gasteiger partial charge on any atom is -0.384 e. The zero-order valence-electron chi connectivity index (χ0n) is 10.1. The van der Waals surface area contributed by atoms with Gasteiger partial charge < -0.3 is 15.4 Å². The van der Waals surface area contributed by atoms with E-state index in [2.05, 4.69) is 10.6 Å². The Morgan fingerprint density at radius 3 is 2.89 bits per heavy atom. The van der Waals surface area contributed by atoms with Crippen molar-refractivity contribution in [2.45, 2.75) is 6.42 Å². The van der Waals surface area contributed by atoms with Crippen molar-refractivity contribution < 1.29 is 13.9 Å². The molecule has 0 atom stereocenters. The summed E-state index contributed by atoms with van der Waals surface area (Å²) in [6.07, 6.45) is 0.332. The van der Waals surface area contributed by atoms with Crippen LogP contribution in [0.3, 0.4) is 0 Å². The van der Waals surface area contributed by atoms with Gasteiger partial charge in [-0.3, -0.25) is 4.79 Å². The number of ether oxygens (including phenoxy) is 1. The average Bonchev–Trinajstić information content (AvgIpc) is 2.34. The van der Waals surface area contributed by atoms with Crippen LogP contribution >= 0.6 is 11.6 Å². The third kappa shape index (κ3) is 5.33. The van der Waals surface area contributed by atoms with E-state index in [1.54, 1.807) is 13.2 Å². The maximum atomic E-state index is 12.9. The van der Waals surface area contributed by atoms with Gasteiger partial charge in [-0.1, -0.05) is 11.6 Å². The molecular formula is C12H16ClFN2O2. The molecule has 1 aromatic rings. The predicted octanol–water partition coefficient (Wildman–Crippen LogP) is 2.04. The first-order chi connectivity index (χ1) is 8.63. The molecule has 100 valence electrons. The molecule has 0 spiro atoms. The number of hydrogen-bond acceptors (Lipinski definition) is 3. The molecule has 0 radical (unpaired) electrons. The van der Waals surface area contributed by atoms with Crippen molar-refractivity contribution >= 4 is 23.2 Å². The summed E-state index contributed by atoms with van der Waals surface area (Å²) in [6.45, 7) is 1.45. The summed E-state index contributed by atoms with van der Waals surface area (Å²) in [5, 5.41) is 5.75. The Hall–Kier alpha value is -1.33. The highest BCUT2D eigenvalue weighted by Gasteiger charge is 2.02. The molecule has 0 bridgehead atoms. The maximum Gasteiger partial charge on any atom is 0.221 e. The van der Waals surface area contributed by atoms with Gasteiger partial charge in [-0.05, 0) is 18.2 Å². The summed E-state index contributed by atoms with van der Waals surface area (Å²) in [5.41, 5.74) is 0.686. The van der Waals surface area contributed by atoms with Gasteiger partial charge in [0.15, 0.2) is 0 Å². The lowest BCUT2D eigenvalue weighted by atomic mass is 10.3. The summed E-state index contributed by atoms with van der Waals surface area (Å²) in [7, 11) is 1.58. The summed E-state index contributed by atoms with van der Waals surface area (Å²) >= 11 is 5.63. The quantitative estimate of drug-likeness (QED) is 0.748. The molecule has 2 N–H and O–H groups in total. The van der Waals surface area contributed by atoms with Crippen LogP contribution in [0.1, 0.15) is 6.42 Å². The first-order valence-electron chi connectivity index (χ1n) is 5.58. The Labute approximate surface area is 110 Å². The van der Waals surface area contributed by atoms with Gasteiger partial charge >= 0.3 is 0 Å². The Bertz CT molecular complexity index is 402. The molecule has 0 aliphatic heterocycles. The molecule has 18 heavy (non-hydrogen) atoms. The molecule has 0 aliphatic rings. The van der Waals surface area contributed by atoms with E-state index in [9.17, 15) is 9.18 Å². The van der Waals surface area contributed by atoms with Crippen LogP contribution < -0.4 is 10.6 Å². The highest BCUT2D eigenvalue weighted by Crippen LogP contribution is 2.19. The Balaban J connectivity index is 2.24. The first kappa shape index (κ1) is 14.7. The molecule has 0 saturated carbocycles. The monoisotopic (exact) mass is 274 g/mol. The third-order valence-corrected chi connectivity index (χ3v) is 2.52. The van der Waals surface area contributed by atoms with E-state index >= 15 is 0 Å². The second kappa shape index (κ2) is 7.89. The molecule has 1 rings (SSSR count). The molecule has 0 aliphatic carbocycles. The van der Waals surface area contributed by atoms with Gasteiger partial charge in [-0.15, -0.1) is 0 Å². The smallest absolute Gasteiger partial charge is 0.221 e. The number of carbonyl (C=O) groups is 1.